The van der Waals surface area contributed by atoms with E-state index in [1.807, 2.05) is 0 Å². The summed E-state index contributed by atoms with van der Waals surface area (Å²) in [6.07, 6.45) is 0.327. The molecule has 0 bridgehead atoms. The number of nitrogens with two attached hydrogens (primary N) is 1. The van der Waals surface area contributed by atoms with Gasteiger partial charge in [-0.3, -0.25) is 4.57 Å². The third kappa shape index (κ3) is 3.87. The Balaban J connectivity index is 3.95. The molecule has 0 spiro atoms. The second-order valence-corrected chi connectivity index (χ2v) is 5.06. The van der Waals surface area contributed by atoms with Crippen LogP contribution < -0.4 is 5.73 Å². The van der Waals surface area contributed by atoms with Crippen molar-refractivity contribution in [3.63, 3.8) is 0 Å². The molecule has 68 valence electrons. The molecule has 0 aromatic heterocycles. The first kappa shape index (κ1) is 11.1. The van der Waals surface area contributed by atoms with Crippen molar-refractivity contribution in [2.45, 2.75) is 19.2 Å². The van der Waals surface area contributed by atoms with Gasteiger partial charge in [-0.05, 0) is 19.9 Å². The number of aliphatic hydroxyl groups is 1. The predicted molar refractivity (Wildman–Crippen MR) is 44.8 cm³/mol. The number of hydrogen-bond donors (Lipinski definition) is 2. The van der Waals surface area contributed by atoms with Gasteiger partial charge >= 0.3 is 0 Å². The molecule has 11 heavy (non-hydrogen) atoms. The average molecular weight is 181 g/mol. The number of rotatable bonds is 5. The Labute approximate surface area is 67.2 Å². The molecule has 0 rings (SSSR count). The summed E-state index contributed by atoms with van der Waals surface area (Å²) in [5, 5.41) is 9.24. The molecular formula is C6H16NO3P. The quantitative estimate of drug-likeness (QED) is 0.609. The van der Waals surface area contributed by atoms with E-state index in [1.54, 1.807) is 6.92 Å². The summed E-state index contributed by atoms with van der Waals surface area (Å²) in [7, 11) is -2.82. The SMILES string of the molecule is CCOP(C)(=O)C(O)CCN. The number of hydrogen-bond acceptors (Lipinski definition) is 4. The summed E-state index contributed by atoms with van der Waals surface area (Å²) in [5.41, 5.74) is 5.19. The molecule has 5 heteroatoms. The topological polar surface area (TPSA) is 72.5 Å². The van der Waals surface area contributed by atoms with Crippen LogP contribution in [-0.4, -0.2) is 30.8 Å². The van der Waals surface area contributed by atoms with Gasteiger partial charge in [0.1, 0.15) is 5.85 Å². The molecule has 0 heterocycles. The Morgan fingerprint density at radius 2 is 2.27 bits per heavy atom. The van der Waals surface area contributed by atoms with Crippen molar-refractivity contribution in [3.8, 4) is 0 Å². The van der Waals surface area contributed by atoms with Gasteiger partial charge in [0, 0.05) is 6.66 Å². The summed E-state index contributed by atoms with van der Waals surface area (Å²) in [5.74, 6) is -0.910. The summed E-state index contributed by atoms with van der Waals surface area (Å²) in [4.78, 5) is 0. The van der Waals surface area contributed by atoms with Crippen molar-refractivity contribution in [3.05, 3.63) is 0 Å². The zero-order valence-corrected chi connectivity index (χ0v) is 7.88. The van der Waals surface area contributed by atoms with Gasteiger partial charge in [-0.2, -0.15) is 0 Å². The third-order valence-corrected chi connectivity index (χ3v) is 3.46. The normalized spacial score (nSPS) is 19.3. The van der Waals surface area contributed by atoms with Crippen molar-refractivity contribution in [1.82, 2.24) is 0 Å². The fourth-order valence-corrected chi connectivity index (χ4v) is 2.03. The second kappa shape index (κ2) is 4.88. The summed E-state index contributed by atoms with van der Waals surface area (Å²) in [6, 6.07) is 0. The highest BCUT2D eigenvalue weighted by Gasteiger charge is 2.25. The van der Waals surface area contributed by atoms with Gasteiger partial charge < -0.3 is 15.4 Å². The molecule has 0 saturated carbocycles. The van der Waals surface area contributed by atoms with Crippen molar-refractivity contribution in [2.75, 3.05) is 19.8 Å². The minimum atomic E-state index is -2.82. The maximum Gasteiger partial charge on any atom is 0.227 e. The zero-order chi connectivity index (χ0) is 8.91. The zero-order valence-electron chi connectivity index (χ0n) is 6.99. The molecule has 2 atom stereocenters. The van der Waals surface area contributed by atoms with Crippen LogP contribution in [0.25, 0.3) is 0 Å². The molecule has 0 fully saturated rings. The first-order chi connectivity index (χ1) is 5.04. The fraction of sp³-hybridized carbons (Fsp3) is 1.00. The Morgan fingerprint density at radius 1 is 1.73 bits per heavy atom. The lowest BCUT2D eigenvalue weighted by molar-refractivity contribution is 0.206. The van der Waals surface area contributed by atoms with E-state index >= 15 is 0 Å². The minimum Gasteiger partial charge on any atom is -0.383 e. The van der Waals surface area contributed by atoms with Gasteiger partial charge in [0.05, 0.1) is 6.61 Å². The van der Waals surface area contributed by atoms with E-state index in [2.05, 4.69) is 0 Å². The Hall–Kier alpha value is 0.110. The molecule has 0 aromatic rings. The molecule has 0 aromatic carbocycles. The maximum absolute atomic E-state index is 11.4. The van der Waals surface area contributed by atoms with Gasteiger partial charge in [-0.15, -0.1) is 0 Å². The second-order valence-electron chi connectivity index (χ2n) is 2.38. The Bertz CT molecular complexity index is 151. The highest BCUT2D eigenvalue weighted by molar-refractivity contribution is 7.58. The summed E-state index contributed by atoms with van der Waals surface area (Å²) in [6.45, 7) is 3.85. The molecule has 4 nitrogen and oxygen atoms in total. The third-order valence-electron chi connectivity index (χ3n) is 1.35. The Morgan fingerprint density at radius 3 is 2.64 bits per heavy atom. The molecule has 0 aliphatic carbocycles. The van der Waals surface area contributed by atoms with E-state index in [1.165, 1.54) is 6.66 Å². The average Bonchev–Trinajstić information content (AvgIpc) is 1.88. The van der Waals surface area contributed by atoms with Gasteiger partial charge in [-0.1, -0.05) is 0 Å². The summed E-state index contributed by atoms with van der Waals surface area (Å²) < 4.78 is 16.3. The van der Waals surface area contributed by atoms with Gasteiger partial charge in [-0.25, -0.2) is 0 Å². The van der Waals surface area contributed by atoms with Crippen LogP contribution in [0, 0.1) is 0 Å². The molecule has 0 aliphatic rings. The predicted octanol–water partition coefficient (Wildman–Crippen LogP) is 0.598. The van der Waals surface area contributed by atoms with Crippen LogP contribution in [0.1, 0.15) is 13.3 Å². The molecule has 2 unspecified atom stereocenters. The molecular weight excluding hydrogens is 165 g/mol. The molecule has 0 amide bonds. The van der Waals surface area contributed by atoms with Gasteiger partial charge in [0.25, 0.3) is 0 Å². The maximum atomic E-state index is 11.4. The van der Waals surface area contributed by atoms with Crippen LogP contribution in [0.2, 0.25) is 0 Å². The molecule has 0 radical (unpaired) electrons. The van der Waals surface area contributed by atoms with Crippen LogP contribution in [0.5, 0.6) is 0 Å². The lowest BCUT2D eigenvalue weighted by atomic mass is 10.5. The van der Waals surface area contributed by atoms with Crippen molar-refractivity contribution in [2.24, 2.45) is 5.73 Å². The van der Waals surface area contributed by atoms with E-state index in [0.717, 1.165) is 0 Å². The minimum absolute atomic E-state index is 0.325. The first-order valence-corrected chi connectivity index (χ1v) is 5.78. The van der Waals surface area contributed by atoms with Crippen molar-refractivity contribution >= 4 is 7.37 Å². The van der Waals surface area contributed by atoms with Gasteiger partial charge in [0.2, 0.25) is 7.37 Å². The molecule has 3 N–H and O–H groups in total. The van der Waals surface area contributed by atoms with Crippen molar-refractivity contribution in [1.29, 1.82) is 0 Å². The van der Waals surface area contributed by atoms with Gasteiger partial charge in [0.15, 0.2) is 0 Å². The largest absolute Gasteiger partial charge is 0.383 e. The van der Waals surface area contributed by atoms with Crippen LogP contribution >= 0.6 is 7.37 Å². The highest BCUT2D eigenvalue weighted by atomic mass is 31.2. The standard InChI is InChI=1S/C6H16NO3P/c1-3-10-11(2,9)6(8)4-5-7/h6,8H,3-5,7H2,1-2H3. The Kier molecular flexibility index (Phi) is 4.93. The smallest absolute Gasteiger partial charge is 0.227 e. The van der Waals surface area contributed by atoms with Crippen molar-refractivity contribution < 1.29 is 14.2 Å². The van der Waals surface area contributed by atoms with Crippen LogP contribution in [0.15, 0.2) is 0 Å². The first-order valence-electron chi connectivity index (χ1n) is 3.64. The van der Waals surface area contributed by atoms with E-state index in [9.17, 15) is 9.67 Å². The van der Waals surface area contributed by atoms with E-state index in [4.69, 9.17) is 10.3 Å². The van der Waals surface area contributed by atoms with Crippen LogP contribution in [-0.2, 0) is 9.09 Å². The lowest BCUT2D eigenvalue weighted by Crippen LogP contribution is -2.14. The molecule has 0 aliphatic heterocycles. The lowest BCUT2D eigenvalue weighted by Gasteiger charge is -2.18. The highest BCUT2D eigenvalue weighted by Crippen LogP contribution is 2.47. The van der Waals surface area contributed by atoms with E-state index in [-0.39, 0.29) is 0 Å². The van der Waals surface area contributed by atoms with E-state index < -0.39 is 13.2 Å². The summed E-state index contributed by atoms with van der Waals surface area (Å²) >= 11 is 0. The monoisotopic (exact) mass is 181 g/mol. The molecule has 0 saturated heterocycles. The fourth-order valence-electron chi connectivity index (χ4n) is 0.726. The van der Waals surface area contributed by atoms with Crippen LogP contribution in [0.4, 0.5) is 0 Å². The van der Waals surface area contributed by atoms with Crippen LogP contribution in [0.3, 0.4) is 0 Å². The number of aliphatic hydroxyl groups excluding tert-OH is 1. The van der Waals surface area contributed by atoms with E-state index in [0.29, 0.717) is 19.6 Å².